The molecule has 2 nitrogen and oxygen atoms in total. The van der Waals surface area contributed by atoms with Gasteiger partial charge in [-0.2, -0.15) is 0 Å². The minimum absolute atomic E-state index is 0.564. The zero-order chi connectivity index (χ0) is 11.7. The molecule has 0 fully saturated rings. The van der Waals surface area contributed by atoms with Gasteiger partial charge < -0.3 is 9.73 Å². The van der Waals surface area contributed by atoms with Crippen molar-refractivity contribution >= 4 is 50.1 Å². The Hall–Kier alpha value is -0.220. The average Bonchev–Trinajstić information content (AvgIpc) is 2.68. The highest BCUT2D eigenvalue weighted by molar-refractivity contribution is 9.10. The summed E-state index contributed by atoms with van der Waals surface area (Å²) >= 11 is 15.6. The van der Waals surface area contributed by atoms with Crippen molar-refractivity contribution < 1.29 is 4.42 Å². The molecule has 1 aromatic heterocycles. The van der Waals surface area contributed by atoms with Crippen LogP contribution in [0, 0.1) is 0 Å². The maximum Gasteiger partial charge on any atom is 0.154 e. The molecule has 0 amide bonds. The monoisotopic (exact) mass is 321 g/mol. The van der Waals surface area contributed by atoms with Crippen LogP contribution in [-0.2, 0) is 6.54 Å². The fraction of sp³-hybridized carbons (Fsp3) is 0.273. The number of hydrogen-bond donors (Lipinski definition) is 1. The Labute approximate surface area is 112 Å². The molecule has 0 spiro atoms. The Balaban J connectivity index is 2.52. The van der Waals surface area contributed by atoms with Crippen LogP contribution in [0.1, 0.15) is 12.7 Å². The van der Waals surface area contributed by atoms with Crippen molar-refractivity contribution in [2.75, 3.05) is 6.54 Å². The Morgan fingerprint density at radius 1 is 1.38 bits per heavy atom. The molecule has 1 heterocycles. The third-order valence-corrected chi connectivity index (χ3v) is 3.79. The number of nitrogens with one attached hydrogen (secondary N) is 1. The van der Waals surface area contributed by atoms with E-state index in [1.54, 1.807) is 6.07 Å². The highest BCUT2D eigenvalue weighted by atomic mass is 79.9. The third-order valence-electron chi connectivity index (χ3n) is 2.25. The predicted molar refractivity (Wildman–Crippen MR) is 71.3 cm³/mol. The second-order valence-electron chi connectivity index (χ2n) is 3.39. The molecule has 5 heteroatoms. The van der Waals surface area contributed by atoms with Crippen molar-refractivity contribution in [1.29, 1.82) is 0 Å². The van der Waals surface area contributed by atoms with Crippen LogP contribution in [0.4, 0.5) is 0 Å². The minimum Gasteiger partial charge on any atom is -0.458 e. The summed E-state index contributed by atoms with van der Waals surface area (Å²) in [5.74, 6) is 0.832. The Kier molecular flexibility index (Phi) is 3.80. The molecule has 0 saturated heterocycles. The molecular weight excluding hydrogens is 313 g/mol. The van der Waals surface area contributed by atoms with E-state index in [1.165, 1.54) is 0 Å². The van der Waals surface area contributed by atoms with Gasteiger partial charge >= 0.3 is 0 Å². The molecular formula is C11H10BrCl2NO. The second-order valence-corrected chi connectivity index (χ2v) is 5.03. The summed E-state index contributed by atoms with van der Waals surface area (Å²) in [4.78, 5) is 0. The predicted octanol–water partition coefficient (Wildman–Crippen LogP) is 4.61. The van der Waals surface area contributed by atoms with Gasteiger partial charge in [-0.3, -0.25) is 0 Å². The minimum atomic E-state index is 0.564. The van der Waals surface area contributed by atoms with E-state index in [9.17, 15) is 0 Å². The molecule has 2 aromatic rings. The molecule has 0 radical (unpaired) electrons. The SMILES string of the molecule is CCNCc1cc2c(Cl)c(Br)cc(Cl)c2o1. The molecule has 0 aliphatic carbocycles. The first-order valence-corrected chi connectivity index (χ1v) is 6.45. The summed E-state index contributed by atoms with van der Waals surface area (Å²) in [6.07, 6.45) is 0. The van der Waals surface area contributed by atoms with Gasteiger partial charge in [0, 0.05) is 9.86 Å². The molecule has 0 saturated carbocycles. The first-order chi connectivity index (χ1) is 7.63. The average molecular weight is 323 g/mol. The standard InChI is InChI=1S/C11H10BrCl2NO/c1-2-15-5-6-3-7-10(14)8(12)4-9(13)11(7)16-6/h3-4,15H,2,5H2,1H3. The fourth-order valence-corrected chi connectivity index (χ4v) is 2.51. The van der Waals surface area contributed by atoms with Gasteiger partial charge in [0.05, 0.1) is 16.6 Å². The summed E-state index contributed by atoms with van der Waals surface area (Å²) < 4.78 is 6.42. The molecule has 0 atom stereocenters. The van der Waals surface area contributed by atoms with Crippen LogP contribution in [0.5, 0.6) is 0 Å². The van der Waals surface area contributed by atoms with Crippen LogP contribution in [0.3, 0.4) is 0 Å². The smallest absolute Gasteiger partial charge is 0.154 e. The third kappa shape index (κ3) is 2.23. The van der Waals surface area contributed by atoms with E-state index in [1.807, 2.05) is 13.0 Å². The molecule has 2 rings (SSSR count). The van der Waals surface area contributed by atoms with Gasteiger partial charge in [-0.05, 0) is 34.6 Å². The summed E-state index contributed by atoms with van der Waals surface area (Å²) in [6.45, 7) is 3.61. The first-order valence-electron chi connectivity index (χ1n) is 4.90. The maximum absolute atomic E-state index is 6.16. The van der Waals surface area contributed by atoms with E-state index >= 15 is 0 Å². The second kappa shape index (κ2) is 4.96. The number of furan rings is 1. The summed E-state index contributed by atoms with van der Waals surface area (Å²) in [7, 11) is 0. The van der Waals surface area contributed by atoms with Crippen molar-refractivity contribution in [2.45, 2.75) is 13.5 Å². The van der Waals surface area contributed by atoms with Crippen LogP contribution in [0.25, 0.3) is 11.0 Å². The van der Waals surface area contributed by atoms with Crippen molar-refractivity contribution in [1.82, 2.24) is 5.32 Å². The normalized spacial score (nSPS) is 11.2. The van der Waals surface area contributed by atoms with Gasteiger partial charge in [-0.1, -0.05) is 30.1 Å². The topological polar surface area (TPSA) is 25.2 Å². The van der Waals surface area contributed by atoms with Gasteiger partial charge in [0.25, 0.3) is 0 Å². The number of benzene rings is 1. The molecule has 0 aliphatic rings. The lowest BCUT2D eigenvalue weighted by Gasteiger charge is -1.98. The summed E-state index contributed by atoms with van der Waals surface area (Å²) in [5.41, 5.74) is 0.641. The molecule has 16 heavy (non-hydrogen) atoms. The molecule has 1 N–H and O–H groups in total. The molecule has 0 unspecified atom stereocenters. The lowest BCUT2D eigenvalue weighted by atomic mass is 10.2. The summed E-state index contributed by atoms with van der Waals surface area (Å²) in [5, 5.41) is 5.22. The van der Waals surface area contributed by atoms with Crippen molar-refractivity contribution in [3.63, 3.8) is 0 Å². The molecule has 0 aliphatic heterocycles. The van der Waals surface area contributed by atoms with Crippen LogP contribution >= 0.6 is 39.1 Å². The van der Waals surface area contributed by atoms with E-state index in [0.29, 0.717) is 22.2 Å². The van der Waals surface area contributed by atoms with E-state index in [0.717, 1.165) is 22.2 Å². The van der Waals surface area contributed by atoms with E-state index < -0.39 is 0 Å². The van der Waals surface area contributed by atoms with Gasteiger partial charge in [-0.25, -0.2) is 0 Å². The van der Waals surface area contributed by atoms with E-state index in [4.69, 9.17) is 27.6 Å². The van der Waals surface area contributed by atoms with Crippen LogP contribution in [0.2, 0.25) is 10.0 Å². The van der Waals surface area contributed by atoms with Crippen molar-refractivity contribution in [3.8, 4) is 0 Å². The molecule has 86 valence electrons. The van der Waals surface area contributed by atoms with Gasteiger partial charge in [-0.15, -0.1) is 0 Å². The molecule has 0 bridgehead atoms. The zero-order valence-corrected chi connectivity index (χ0v) is 11.7. The maximum atomic E-state index is 6.16. The van der Waals surface area contributed by atoms with Crippen LogP contribution < -0.4 is 5.32 Å². The van der Waals surface area contributed by atoms with E-state index in [2.05, 4.69) is 21.2 Å². The van der Waals surface area contributed by atoms with E-state index in [-0.39, 0.29) is 0 Å². The lowest BCUT2D eigenvalue weighted by Crippen LogP contribution is -2.10. The zero-order valence-electron chi connectivity index (χ0n) is 8.61. The lowest BCUT2D eigenvalue weighted by molar-refractivity contribution is 0.520. The number of fused-ring (bicyclic) bond motifs is 1. The number of rotatable bonds is 3. The van der Waals surface area contributed by atoms with Gasteiger partial charge in [0.1, 0.15) is 5.76 Å². The number of hydrogen-bond acceptors (Lipinski definition) is 2. The number of halogens is 3. The van der Waals surface area contributed by atoms with Crippen LogP contribution in [-0.4, -0.2) is 6.54 Å². The van der Waals surface area contributed by atoms with Gasteiger partial charge in [0.2, 0.25) is 0 Å². The Morgan fingerprint density at radius 3 is 2.81 bits per heavy atom. The molecule has 1 aromatic carbocycles. The van der Waals surface area contributed by atoms with Crippen molar-refractivity contribution in [3.05, 3.63) is 32.4 Å². The highest BCUT2D eigenvalue weighted by Gasteiger charge is 2.13. The fourth-order valence-electron chi connectivity index (χ4n) is 1.49. The quantitative estimate of drug-likeness (QED) is 0.835. The van der Waals surface area contributed by atoms with Gasteiger partial charge in [0.15, 0.2) is 5.58 Å². The van der Waals surface area contributed by atoms with Crippen LogP contribution in [0.15, 0.2) is 21.0 Å². The first kappa shape index (κ1) is 12.2. The van der Waals surface area contributed by atoms with Crippen molar-refractivity contribution in [2.24, 2.45) is 0 Å². The highest BCUT2D eigenvalue weighted by Crippen LogP contribution is 2.37. The largest absolute Gasteiger partial charge is 0.458 e. The Bertz CT molecular complexity index is 524. The Morgan fingerprint density at radius 2 is 2.12 bits per heavy atom. The summed E-state index contributed by atoms with van der Waals surface area (Å²) in [6, 6.07) is 3.66.